The quantitative estimate of drug-likeness (QED) is 0.680. The second-order valence-electron chi connectivity index (χ2n) is 7.55. The highest BCUT2D eigenvalue weighted by Gasteiger charge is 2.33. The number of amides is 1. The number of piperidine rings is 1. The molecule has 1 aliphatic heterocycles. The Morgan fingerprint density at radius 1 is 1.26 bits per heavy atom. The molecule has 0 radical (unpaired) electrons. The second kappa shape index (κ2) is 6.16. The molecule has 1 fully saturated rings. The number of carbonyl (C=O) groups excluding carboxylic acids is 1. The minimum absolute atomic E-state index is 0.116. The maximum Gasteiger partial charge on any atom is 0.410 e. The highest BCUT2D eigenvalue weighted by molar-refractivity contribution is 7.17. The standard InChI is InChI=1S/C19H25NO2S/c1-13-5-7-16(20(12-13)18(21)22-19(2,3)4)14-6-8-17-15(11-14)9-10-23-17/h6,8-11,13,16H,5,7,12H2,1-4H3/t13-,16+/m0/s1. The molecule has 1 aliphatic rings. The monoisotopic (exact) mass is 331 g/mol. The first-order chi connectivity index (χ1) is 10.8. The number of nitrogens with zero attached hydrogens (tertiary/aromatic N) is 1. The van der Waals surface area contributed by atoms with Crippen molar-refractivity contribution in [3.05, 3.63) is 35.2 Å². The van der Waals surface area contributed by atoms with Crippen LogP contribution in [0.5, 0.6) is 0 Å². The molecular formula is C19H25NO2S. The third-order valence-corrected chi connectivity index (χ3v) is 5.20. The van der Waals surface area contributed by atoms with Gasteiger partial charge in [0, 0.05) is 11.2 Å². The summed E-state index contributed by atoms with van der Waals surface area (Å²) in [4.78, 5) is 14.6. The van der Waals surface area contributed by atoms with Crippen LogP contribution < -0.4 is 0 Å². The Balaban J connectivity index is 1.89. The molecule has 1 saturated heterocycles. The van der Waals surface area contributed by atoms with Crippen LogP contribution in [0.3, 0.4) is 0 Å². The van der Waals surface area contributed by atoms with E-state index in [4.69, 9.17) is 4.74 Å². The van der Waals surface area contributed by atoms with E-state index in [-0.39, 0.29) is 12.1 Å². The van der Waals surface area contributed by atoms with Gasteiger partial charge in [-0.05, 0) is 74.1 Å². The van der Waals surface area contributed by atoms with E-state index in [0.717, 1.165) is 19.4 Å². The largest absolute Gasteiger partial charge is 0.444 e. The van der Waals surface area contributed by atoms with E-state index in [2.05, 4.69) is 36.6 Å². The van der Waals surface area contributed by atoms with Gasteiger partial charge in [0.1, 0.15) is 5.60 Å². The maximum atomic E-state index is 12.7. The lowest BCUT2D eigenvalue weighted by Gasteiger charge is -2.39. The van der Waals surface area contributed by atoms with Crippen LogP contribution >= 0.6 is 11.3 Å². The first-order valence-electron chi connectivity index (χ1n) is 8.30. The summed E-state index contributed by atoms with van der Waals surface area (Å²) in [6.07, 6.45) is 1.95. The van der Waals surface area contributed by atoms with E-state index >= 15 is 0 Å². The topological polar surface area (TPSA) is 29.5 Å². The van der Waals surface area contributed by atoms with Crippen LogP contribution in [-0.2, 0) is 4.74 Å². The van der Waals surface area contributed by atoms with Crippen molar-refractivity contribution < 1.29 is 9.53 Å². The minimum atomic E-state index is -0.459. The van der Waals surface area contributed by atoms with Crippen molar-refractivity contribution in [3.63, 3.8) is 0 Å². The van der Waals surface area contributed by atoms with Gasteiger partial charge in [-0.25, -0.2) is 4.79 Å². The first-order valence-corrected chi connectivity index (χ1v) is 9.18. The molecule has 1 aromatic heterocycles. The summed E-state index contributed by atoms with van der Waals surface area (Å²) < 4.78 is 6.93. The lowest BCUT2D eigenvalue weighted by Crippen LogP contribution is -2.44. The zero-order valence-corrected chi connectivity index (χ0v) is 15.2. The summed E-state index contributed by atoms with van der Waals surface area (Å²) in [5, 5.41) is 3.37. The third-order valence-electron chi connectivity index (χ3n) is 4.31. The molecule has 2 aromatic rings. The minimum Gasteiger partial charge on any atom is -0.444 e. The fraction of sp³-hybridized carbons (Fsp3) is 0.526. The maximum absolute atomic E-state index is 12.7. The van der Waals surface area contributed by atoms with Crippen molar-refractivity contribution >= 4 is 27.5 Å². The molecule has 3 nitrogen and oxygen atoms in total. The molecule has 0 bridgehead atoms. The fourth-order valence-corrected chi connectivity index (χ4v) is 3.98. The van der Waals surface area contributed by atoms with Crippen molar-refractivity contribution in [3.8, 4) is 0 Å². The molecule has 0 aliphatic carbocycles. The van der Waals surface area contributed by atoms with E-state index in [0.29, 0.717) is 5.92 Å². The summed E-state index contributed by atoms with van der Waals surface area (Å²) >= 11 is 1.75. The van der Waals surface area contributed by atoms with E-state index in [9.17, 15) is 4.79 Å². The summed E-state index contributed by atoms with van der Waals surface area (Å²) in [6.45, 7) is 8.73. The molecule has 3 rings (SSSR count). The molecule has 0 saturated carbocycles. The van der Waals surface area contributed by atoms with Gasteiger partial charge in [-0.3, -0.25) is 0 Å². The number of rotatable bonds is 1. The van der Waals surface area contributed by atoms with Gasteiger partial charge in [0.25, 0.3) is 0 Å². The highest BCUT2D eigenvalue weighted by Crippen LogP contribution is 2.36. The Morgan fingerprint density at radius 2 is 2.04 bits per heavy atom. The highest BCUT2D eigenvalue weighted by atomic mass is 32.1. The van der Waals surface area contributed by atoms with Crippen molar-refractivity contribution in [2.75, 3.05) is 6.54 Å². The van der Waals surface area contributed by atoms with Crippen molar-refractivity contribution in [1.82, 2.24) is 4.90 Å². The Kier molecular flexibility index (Phi) is 4.37. The predicted molar refractivity (Wildman–Crippen MR) is 95.9 cm³/mol. The Labute approximate surface area is 142 Å². The molecule has 124 valence electrons. The van der Waals surface area contributed by atoms with E-state index in [1.807, 2.05) is 25.7 Å². The van der Waals surface area contributed by atoms with E-state index in [1.165, 1.54) is 15.6 Å². The molecular weight excluding hydrogens is 306 g/mol. The van der Waals surface area contributed by atoms with Gasteiger partial charge in [-0.2, -0.15) is 0 Å². The zero-order valence-electron chi connectivity index (χ0n) is 14.3. The normalized spacial score (nSPS) is 22.3. The van der Waals surface area contributed by atoms with Gasteiger partial charge in [0.2, 0.25) is 0 Å². The lowest BCUT2D eigenvalue weighted by molar-refractivity contribution is 0.00365. The molecule has 2 heterocycles. The van der Waals surface area contributed by atoms with E-state index in [1.54, 1.807) is 11.3 Å². The van der Waals surface area contributed by atoms with Crippen LogP contribution in [-0.4, -0.2) is 23.1 Å². The smallest absolute Gasteiger partial charge is 0.410 e. The Morgan fingerprint density at radius 3 is 2.78 bits per heavy atom. The molecule has 2 atom stereocenters. The van der Waals surface area contributed by atoms with Crippen LogP contribution in [0.15, 0.2) is 29.6 Å². The molecule has 4 heteroatoms. The van der Waals surface area contributed by atoms with Crippen LogP contribution in [0.2, 0.25) is 0 Å². The first kappa shape index (κ1) is 16.3. The molecule has 0 spiro atoms. The van der Waals surface area contributed by atoms with Crippen molar-refractivity contribution in [2.45, 2.75) is 52.2 Å². The van der Waals surface area contributed by atoms with Crippen LogP contribution in [0.25, 0.3) is 10.1 Å². The predicted octanol–water partition coefficient (Wildman–Crippen LogP) is 5.61. The summed E-state index contributed by atoms with van der Waals surface area (Å²) in [5.41, 5.74) is 0.758. The van der Waals surface area contributed by atoms with Gasteiger partial charge in [-0.1, -0.05) is 13.0 Å². The second-order valence-corrected chi connectivity index (χ2v) is 8.50. The molecule has 1 amide bonds. The SMILES string of the molecule is C[C@H]1CC[C@H](c2ccc3sccc3c2)N(C(=O)OC(C)(C)C)C1. The van der Waals surface area contributed by atoms with Gasteiger partial charge in [-0.15, -0.1) is 11.3 Å². The van der Waals surface area contributed by atoms with E-state index < -0.39 is 5.60 Å². The number of likely N-dealkylation sites (tertiary alicyclic amines) is 1. The fourth-order valence-electron chi connectivity index (χ4n) is 3.21. The number of thiophene rings is 1. The number of carbonyl (C=O) groups is 1. The number of hydrogen-bond acceptors (Lipinski definition) is 3. The van der Waals surface area contributed by atoms with Gasteiger partial charge >= 0.3 is 6.09 Å². The van der Waals surface area contributed by atoms with Crippen LogP contribution in [0.1, 0.15) is 52.1 Å². The summed E-state index contributed by atoms with van der Waals surface area (Å²) in [6, 6.07) is 8.82. The Hall–Kier alpha value is -1.55. The lowest BCUT2D eigenvalue weighted by atomic mass is 9.90. The van der Waals surface area contributed by atoms with Gasteiger partial charge in [0.05, 0.1) is 6.04 Å². The van der Waals surface area contributed by atoms with Crippen LogP contribution in [0.4, 0.5) is 4.79 Å². The average Bonchev–Trinajstić information content (AvgIpc) is 2.92. The molecule has 0 N–H and O–H groups in total. The number of hydrogen-bond donors (Lipinski definition) is 0. The van der Waals surface area contributed by atoms with Gasteiger partial charge in [0.15, 0.2) is 0 Å². The number of fused-ring (bicyclic) bond motifs is 1. The average molecular weight is 331 g/mol. The molecule has 1 aromatic carbocycles. The zero-order chi connectivity index (χ0) is 16.6. The summed E-state index contributed by atoms with van der Waals surface area (Å²) in [5.74, 6) is 0.517. The summed E-state index contributed by atoms with van der Waals surface area (Å²) in [7, 11) is 0. The number of benzene rings is 1. The molecule has 23 heavy (non-hydrogen) atoms. The Bertz CT molecular complexity index is 701. The van der Waals surface area contributed by atoms with Crippen LogP contribution in [0, 0.1) is 5.92 Å². The number of ether oxygens (including phenoxy) is 1. The van der Waals surface area contributed by atoms with Gasteiger partial charge < -0.3 is 9.64 Å². The van der Waals surface area contributed by atoms with Crippen molar-refractivity contribution in [2.24, 2.45) is 5.92 Å². The van der Waals surface area contributed by atoms with Crippen molar-refractivity contribution in [1.29, 1.82) is 0 Å². The molecule has 0 unspecified atom stereocenters. The third kappa shape index (κ3) is 3.69.